The quantitative estimate of drug-likeness (QED) is 0.889. The van der Waals surface area contributed by atoms with E-state index in [1.165, 1.54) is 12.1 Å². The Hall–Kier alpha value is -2.38. The highest BCUT2D eigenvalue weighted by Crippen LogP contribution is 2.29. The van der Waals surface area contributed by atoms with Crippen LogP contribution in [0.25, 0.3) is 0 Å². The van der Waals surface area contributed by atoms with Crippen LogP contribution in [0.15, 0.2) is 29.4 Å². The zero-order valence-electron chi connectivity index (χ0n) is 10.8. The Morgan fingerprint density at radius 2 is 2.10 bits per heavy atom. The van der Waals surface area contributed by atoms with Crippen LogP contribution in [0.5, 0.6) is 0 Å². The summed E-state index contributed by atoms with van der Waals surface area (Å²) in [5, 5.41) is 6.08. The van der Waals surface area contributed by atoms with Gasteiger partial charge >= 0.3 is 6.18 Å². The van der Waals surface area contributed by atoms with Crippen molar-refractivity contribution in [2.75, 3.05) is 0 Å². The summed E-state index contributed by atoms with van der Waals surface area (Å²) in [5.74, 6) is -0.781. The Labute approximate surface area is 118 Å². The molecule has 0 unspecified atom stereocenters. The molecule has 0 atom stereocenters. The highest BCUT2D eigenvalue weighted by atomic mass is 19.4. The highest BCUT2D eigenvalue weighted by molar-refractivity contribution is 6.39. The van der Waals surface area contributed by atoms with Gasteiger partial charge in [0.2, 0.25) is 5.91 Å². The predicted molar refractivity (Wildman–Crippen MR) is 68.1 cm³/mol. The molecule has 0 aromatic heterocycles. The van der Waals surface area contributed by atoms with E-state index in [4.69, 9.17) is 0 Å². The normalized spacial score (nSPS) is 15.2. The van der Waals surface area contributed by atoms with Crippen molar-refractivity contribution in [1.82, 2.24) is 10.7 Å². The fourth-order valence-corrected chi connectivity index (χ4v) is 1.78. The molecule has 1 aromatic rings. The Morgan fingerprint density at radius 1 is 1.33 bits per heavy atom. The fraction of sp³-hybridized carbons (Fsp3) is 0.308. The first-order valence-electron chi connectivity index (χ1n) is 6.16. The van der Waals surface area contributed by atoms with Gasteiger partial charge in [-0.1, -0.05) is 12.1 Å². The van der Waals surface area contributed by atoms with Gasteiger partial charge in [0, 0.05) is 19.4 Å². The maximum atomic E-state index is 12.5. The average molecular weight is 299 g/mol. The molecule has 21 heavy (non-hydrogen) atoms. The topological polar surface area (TPSA) is 70.6 Å². The number of benzene rings is 1. The molecule has 0 radical (unpaired) electrons. The van der Waals surface area contributed by atoms with E-state index in [2.05, 4.69) is 15.8 Å². The van der Waals surface area contributed by atoms with E-state index in [1.54, 1.807) is 0 Å². The van der Waals surface area contributed by atoms with Crippen molar-refractivity contribution in [2.24, 2.45) is 5.10 Å². The summed E-state index contributed by atoms with van der Waals surface area (Å²) < 4.78 is 37.6. The molecule has 0 saturated carbocycles. The van der Waals surface area contributed by atoms with E-state index in [0.717, 1.165) is 12.1 Å². The van der Waals surface area contributed by atoms with Crippen molar-refractivity contribution >= 4 is 17.5 Å². The smallest absolute Gasteiger partial charge is 0.347 e. The summed E-state index contributed by atoms with van der Waals surface area (Å²) in [6, 6.07) is 4.71. The number of carbonyl (C=O) groups is 2. The molecule has 2 rings (SSSR count). The number of amides is 2. The van der Waals surface area contributed by atoms with Crippen molar-refractivity contribution in [3.8, 4) is 0 Å². The van der Waals surface area contributed by atoms with Crippen LogP contribution < -0.4 is 10.7 Å². The molecular weight excluding hydrogens is 287 g/mol. The third-order valence-electron chi connectivity index (χ3n) is 2.87. The number of hydrogen-bond acceptors (Lipinski definition) is 3. The van der Waals surface area contributed by atoms with Gasteiger partial charge < -0.3 is 5.32 Å². The van der Waals surface area contributed by atoms with Crippen LogP contribution in [0, 0.1) is 0 Å². The molecule has 1 heterocycles. The van der Waals surface area contributed by atoms with Crippen molar-refractivity contribution in [1.29, 1.82) is 0 Å². The Morgan fingerprint density at radius 3 is 2.71 bits per heavy atom. The van der Waals surface area contributed by atoms with Crippen molar-refractivity contribution < 1.29 is 22.8 Å². The number of hydrogen-bond donors (Lipinski definition) is 2. The van der Waals surface area contributed by atoms with Gasteiger partial charge in [0.1, 0.15) is 5.71 Å². The van der Waals surface area contributed by atoms with E-state index in [0.29, 0.717) is 5.56 Å². The van der Waals surface area contributed by atoms with E-state index in [-0.39, 0.29) is 31.0 Å². The van der Waals surface area contributed by atoms with Gasteiger partial charge in [0.05, 0.1) is 5.56 Å². The minimum absolute atomic E-state index is 0.0459. The molecule has 0 bridgehead atoms. The summed E-state index contributed by atoms with van der Waals surface area (Å²) in [6.07, 6.45) is -4.05. The molecule has 1 aliphatic heterocycles. The van der Waals surface area contributed by atoms with Crippen LogP contribution in [-0.2, 0) is 22.3 Å². The number of carbonyl (C=O) groups excluding carboxylic acids is 2. The Kier molecular flexibility index (Phi) is 4.25. The second-order valence-corrected chi connectivity index (χ2v) is 4.47. The summed E-state index contributed by atoms with van der Waals surface area (Å²) in [7, 11) is 0. The summed E-state index contributed by atoms with van der Waals surface area (Å²) in [5.41, 5.74) is 1.90. The van der Waals surface area contributed by atoms with Crippen LogP contribution >= 0.6 is 0 Å². The number of hydrazone groups is 1. The Bertz CT molecular complexity index is 597. The number of nitrogens with one attached hydrogen (secondary N) is 2. The zero-order valence-corrected chi connectivity index (χ0v) is 10.8. The van der Waals surface area contributed by atoms with Gasteiger partial charge in [-0.25, -0.2) is 5.43 Å². The molecule has 0 spiro atoms. The first-order valence-corrected chi connectivity index (χ1v) is 6.16. The van der Waals surface area contributed by atoms with Crippen molar-refractivity contribution in [2.45, 2.75) is 25.6 Å². The van der Waals surface area contributed by atoms with Crippen molar-refractivity contribution in [3.05, 3.63) is 35.4 Å². The first-order chi connectivity index (χ1) is 9.86. The van der Waals surface area contributed by atoms with Crippen LogP contribution in [0.2, 0.25) is 0 Å². The average Bonchev–Trinajstić information content (AvgIpc) is 2.45. The molecular formula is C13H12F3N3O2. The Balaban J connectivity index is 1.97. The van der Waals surface area contributed by atoms with E-state index < -0.39 is 17.6 Å². The fourth-order valence-electron chi connectivity index (χ4n) is 1.78. The van der Waals surface area contributed by atoms with Gasteiger partial charge in [0.25, 0.3) is 5.91 Å². The van der Waals surface area contributed by atoms with E-state index in [1.807, 2.05) is 0 Å². The monoisotopic (exact) mass is 299 g/mol. The second kappa shape index (κ2) is 5.94. The van der Waals surface area contributed by atoms with Crippen LogP contribution in [0.3, 0.4) is 0 Å². The number of rotatable bonds is 3. The largest absolute Gasteiger partial charge is 0.416 e. The van der Waals surface area contributed by atoms with Gasteiger partial charge in [-0.3, -0.25) is 9.59 Å². The number of halogens is 3. The van der Waals surface area contributed by atoms with E-state index >= 15 is 0 Å². The molecule has 112 valence electrons. The zero-order chi connectivity index (χ0) is 15.5. The molecule has 1 aliphatic rings. The van der Waals surface area contributed by atoms with Gasteiger partial charge in [-0.2, -0.15) is 18.3 Å². The van der Waals surface area contributed by atoms with Crippen LogP contribution in [0.4, 0.5) is 13.2 Å². The van der Waals surface area contributed by atoms with Crippen LogP contribution in [0.1, 0.15) is 24.0 Å². The maximum Gasteiger partial charge on any atom is 0.416 e. The lowest BCUT2D eigenvalue weighted by molar-refractivity contribution is -0.137. The highest BCUT2D eigenvalue weighted by Gasteiger charge is 2.30. The molecule has 0 saturated heterocycles. The molecule has 8 heteroatoms. The first kappa shape index (κ1) is 15.0. The summed E-state index contributed by atoms with van der Waals surface area (Å²) >= 11 is 0. The van der Waals surface area contributed by atoms with E-state index in [9.17, 15) is 22.8 Å². The number of nitrogens with zero attached hydrogens (tertiary/aromatic N) is 1. The molecule has 0 aliphatic carbocycles. The summed E-state index contributed by atoms with van der Waals surface area (Å²) in [4.78, 5) is 22.6. The van der Waals surface area contributed by atoms with Gasteiger partial charge in [-0.05, 0) is 17.7 Å². The maximum absolute atomic E-state index is 12.5. The van der Waals surface area contributed by atoms with Crippen LogP contribution in [-0.4, -0.2) is 17.5 Å². The third-order valence-corrected chi connectivity index (χ3v) is 2.87. The lowest BCUT2D eigenvalue weighted by atomic mass is 10.1. The standard InChI is InChI=1S/C13H12F3N3O2/c14-13(15,16)9-3-1-2-8(6-9)7-17-12(21)10-4-5-11(20)19-18-10/h1-3,6H,4-5,7H2,(H,17,21)(H,19,20). The minimum Gasteiger partial charge on any atom is -0.347 e. The SMILES string of the molecule is O=C1CCC(C(=O)NCc2cccc(C(F)(F)F)c2)=NN1. The lowest BCUT2D eigenvalue weighted by Crippen LogP contribution is -2.36. The predicted octanol–water partition coefficient (Wildman–Crippen LogP) is 1.59. The minimum atomic E-state index is -4.42. The summed E-state index contributed by atoms with van der Waals surface area (Å²) in [6.45, 7) is -0.0459. The van der Waals surface area contributed by atoms with Gasteiger partial charge in [-0.15, -0.1) is 0 Å². The third kappa shape index (κ3) is 4.04. The molecule has 5 nitrogen and oxygen atoms in total. The lowest BCUT2D eigenvalue weighted by Gasteiger charge is -2.12. The molecule has 2 N–H and O–H groups in total. The molecule has 1 aromatic carbocycles. The molecule has 2 amide bonds. The molecule has 0 fully saturated rings. The van der Waals surface area contributed by atoms with Gasteiger partial charge in [0.15, 0.2) is 0 Å². The second-order valence-electron chi connectivity index (χ2n) is 4.47. The van der Waals surface area contributed by atoms with Crippen molar-refractivity contribution in [3.63, 3.8) is 0 Å². The number of alkyl halides is 3.